The van der Waals surface area contributed by atoms with Gasteiger partial charge in [0.2, 0.25) is 0 Å². The van der Waals surface area contributed by atoms with Crippen molar-refractivity contribution in [2.75, 3.05) is 7.11 Å². The van der Waals surface area contributed by atoms with Gasteiger partial charge >= 0.3 is 0 Å². The molecule has 0 saturated heterocycles. The molecule has 2 atom stereocenters. The van der Waals surface area contributed by atoms with Crippen LogP contribution in [-0.2, 0) is 5.41 Å². The second-order valence-electron chi connectivity index (χ2n) is 7.00. The molecular formula is C23H22O3. The van der Waals surface area contributed by atoms with Gasteiger partial charge in [-0.3, -0.25) is 4.79 Å². The Hall–Kier alpha value is -2.81. The Morgan fingerprint density at radius 1 is 1.12 bits per heavy atom. The highest BCUT2D eigenvalue weighted by atomic mass is 16.5. The van der Waals surface area contributed by atoms with Crippen molar-refractivity contribution in [3.05, 3.63) is 88.9 Å². The lowest BCUT2D eigenvalue weighted by molar-refractivity contribution is 0.101. The highest BCUT2D eigenvalue weighted by Gasteiger charge is 2.59. The van der Waals surface area contributed by atoms with Crippen LogP contribution in [0.5, 0.6) is 5.75 Å². The van der Waals surface area contributed by atoms with E-state index in [1.54, 1.807) is 14.0 Å². The van der Waals surface area contributed by atoms with E-state index in [1.807, 2.05) is 31.2 Å². The van der Waals surface area contributed by atoms with Crippen molar-refractivity contribution in [3.8, 4) is 5.75 Å². The summed E-state index contributed by atoms with van der Waals surface area (Å²) >= 11 is 0. The van der Waals surface area contributed by atoms with Crippen LogP contribution in [0.2, 0.25) is 0 Å². The first-order valence-electron chi connectivity index (χ1n) is 8.87. The summed E-state index contributed by atoms with van der Waals surface area (Å²) in [5, 5.41) is 0. The molecule has 1 aliphatic carbocycles. The van der Waals surface area contributed by atoms with Gasteiger partial charge in [-0.25, -0.2) is 0 Å². The lowest BCUT2D eigenvalue weighted by atomic mass is 9.88. The minimum Gasteiger partial charge on any atom is -0.497 e. The summed E-state index contributed by atoms with van der Waals surface area (Å²) in [4.78, 5) is 11.9. The van der Waals surface area contributed by atoms with E-state index in [0.717, 1.165) is 17.9 Å². The van der Waals surface area contributed by atoms with Gasteiger partial charge in [0.15, 0.2) is 5.78 Å². The molecule has 2 aromatic carbocycles. The third-order valence-electron chi connectivity index (χ3n) is 5.50. The fourth-order valence-corrected chi connectivity index (χ4v) is 4.02. The van der Waals surface area contributed by atoms with Gasteiger partial charge in [-0.05, 0) is 49.6 Å². The van der Waals surface area contributed by atoms with Crippen LogP contribution in [-0.4, -0.2) is 12.9 Å². The molecule has 3 aromatic rings. The van der Waals surface area contributed by atoms with Crippen LogP contribution in [0.3, 0.4) is 0 Å². The molecule has 1 saturated carbocycles. The number of furan rings is 1. The van der Waals surface area contributed by atoms with Crippen LogP contribution in [0.1, 0.15) is 52.3 Å². The van der Waals surface area contributed by atoms with Gasteiger partial charge in [0.25, 0.3) is 0 Å². The summed E-state index contributed by atoms with van der Waals surface area (Å²) in [5.41, 5.74) is 2.95. The molecule has 4 rings (SSSR count). The fraction of sp³-hybridized carbons (Fsp3) is 0.261. The highest BCUT2D eigenvalue weighted by molar-refractivity contribution is 5.95. The molecule has 132 valence electrons. The highest BCUT2D eigenvalue weighted by Crippen LogP contribution is 2.64. The van der Waals surface area contributed by atoms with E-state index in [2.05, 4.69) is 36.4 Å². The van der Waals surface area contributed by atoms with Crippen molar-refractivity contribution in [1.82, 2.24) is 0 Å². The summed E-state index contributed by atoms with van der Waals surface area (Å²) in [7, 11) is 1.68. The Labute approximate surface area is 153 Å². The second kappa shape index (κ2) is 6.17. The maximum absolute atomic E-state index is 11.9. The first-order valence-corrected chi connectivity index (χ1v) is 8.87. The number of Topliss-reactive ketones (excluding diaryl/α,β-unsaturated/α-hetero) is 1. The Bertz CT molecular complexity index is 937. The largest absolute Gasteiger partial charge is 0.497 e. The van der Waals surface area contributed by atoms with Crippen LogP contribution < -0.4 is 4.74 Å². The van der Waals surface area contributed by atoms with Crippen molar-refractivity contribution < 1.29 is 13.9 Å². The van der Waals surface area contributed by atoms with Crippen LogP contribution in [0.25, 0.3) is 0 Å². The molecule has 0 N–H and O–H groups in total. The van der Waals surface area contributed by atoms with E-state index in [4.69, 9.17) is 9.15 Å². The zero-order valence-corrected chi connectivity index (χ0v) is 15.3. The van der Waals surface area contributed by atoms with Gasteiger partial charge in [0.05, 0.1) is 18.1 Å². The molecule has 26 heavy (non-hydrogen) atoms. The Balaban J connectivity index is 1.80. The van der Waals surface area contributed by atoms with E-state index in [1.165, 1.54) is 11.1 Å². The number of hydrogen-bond donors (Lipinski definition) is 0. The molecule has 0 radical (unpaired) electrons. The lowest BCUT2D eigenvalue weighted by Crippen LogP contribution is -2.11. The normalized spacial score (nSPS) is 21.4. The molecule has 0 amide bonds. The van der Waals surface area contributed by atoms with Crippen molar-refractivity contribution in [1.29, 1.82) is 0 Å². The summed E-state index contributed by atoms with van der Waals surface area (Å²) in [6.07, 6.45) is 0.966. The van der Waals surface area contributed by atoms with Crippen molar-refractivity contribution >= 4 is 5.78 Å². The maximum atomic E-state index is 11.9. The average Bonchev–Trinajstić information content (AvgIpc) is 3.30. The van der Waals surface area contributed by atoms with Gasteiger partial charge < -0.3 is 9.15 Å². The maximum Gasteiger partial charge on any atom is 0.163 e. The van der Waals surface area contributed by atoms with E-state index in [-0.39, 0.29) is 11.2 Å². The predicted molar refractivity (Wildman–Crippen MR) is 101 cm³/mol. The van der Waals surface area contributed by atoms with Crippen LogP contribution in [0.4, 0.5) is 0 Å². The smallest absolute Gasteiger partial charge is 0.163 e. The number of methoxy groups -OCH3 is 1. The summed E-state index contributed by atoms with van der Waals surface area (Å²) in [6.45, 7) is 3.45. The van der Waals surface area contributed by atoms with Gasteiger partial charge in [-0.1, -0.05) is 42.5 Å². The van der Waals surface area contributed by atoms with E-state index < -0.39 is 0 Å². The van der Waals surface area contributed by atoms with Crippen molar-refractivity contribution in [3.63, 3.8) is 0 Å². The average molecular weight is 346 g/mol. The second-order valence-corrected chi connectivity index (χ2v) is 7.00. The number of aryl methyl sites for hydroxylation is 1. The number of ether oxygens (including phenoxy) is 1. The molecule has 1 aromatic heterocycles. The van der Waals surface area contributed by atoms with Gasteiger partial charge in [-0.2, -0.15) is 0 Å². The van der Waals surface area contributed by atoms with Gasteiger partial charge in [0.1, 0.15) is 17.3 Å². The van der Waals surface area contributed by atoms with Crippen LogP contribution in [0.15, 0.2) is 65.1 Å². The van der Waals surface area contributed by atoms with E-state index in [9.17, 15) is 4.79 Å². The Morgan fingerprint density at radius 2 is 1.81 bits per heavy atom. The zero-order chi connectivity index (χ0) is 18.3. The molecule has 0 spiro atoms. The van der Waals surface area contributed by atoms with Gasteiger partial charge in [0, 0.05) is 5.92 Å². The van der Waals surface area contributed by atoms with Crippen molar-refractivity contribution in [2.24, 2.45) is 0 Å². The molecule has 0 bridgehead atoms. The molecule has 1 heterocycles. The Kier molecular flexibility index (Phi) is 3.95. The quantitative estimate of drug-likeness (QED) is 0.591. The van der Waals surface area contributed by atoms with Crippen LogP contribution in [0, 0.1) is 6.92 Å². The van der Waals surface area contributed by atoms with Crippen molar-refractivity contribution in [2.45, 2.75) is 31.6 Å². The molecule has 1 fully saturated rings. The summed E-state index contributed by atoms with van der Waals surface area (Å²) in [5.74, 6) is 2.80. The molecule has 0 aliphatic heterocycles. The minimum atomic E-state index is -0.214. The third kappa shape index (κ3) is 2.55. The Morgan fingerprint density at radius 3 is 2.38 bits per heavy atom. The molecule has 3 heteroatoms. The zero-order valence-electron chi connectivity index (χ0n) is 15.3. The minimum absolute atomic E-state index is 0.0439. The monoisotopic (exact) mass is 346 g/mol. The predicted octanol–water partition coefficient (Wildman–Crippen LogP) is 5.27. The first kappa shape index (κ1) is 16.6. The first-order chi connectivity index (χ1) is 12.6. The number of carbonyl (C=O) groups is 1. The fourth-order valence-electron chi connectivity index (χ4n) is 4.02. The summed E-state index contributed by atoms with van der Waals surface area (Å²) < 4.78 is 11.4. The SMILES string of the molecule is COc1ccc(C2C[C@@]2(c2ccccc2)c2cc(C(C)=O)c(C)o2)cc1. The number of rotatable bonds is 5. The van der Waals surface area contributed by atoms with E-state index >= 15 is 0 Å². The number of hydrogen-bond acceptors (Lipinski definition) is 3. The number of carbonyl (C=O) groups excluding carboxylic acids is 1. The molecule has 3 nitrogen and oxygen atoms in total. The molecule has 1 aliphatic rings. The van der Waals surface area contributed by atoms with Gasteiger partial charge in [-0.15, -0.1) is 0 Å². The number of benzene rings is 2. The standard InChI is InChI=1S/C23H22O3/c1-15(24)20-13-22(26-16(20)2)23(18-7-5-4-6-8-18)14-21(23)17-9-11-19(25-3)12-10-17/h4-13,21H,14H2,1-3H3/t21?,23-/m0/s1. The molecule has 1 unspecified atom stereocenters. The summed E-state index contributed by atoms with van der Waals surface area (Å²) in [6, 6.07) is 20.6. The van der Waals surface area contributed by atoms with Crippen LogP contribution >= 0.6 is 0 Å². The third-order valence-corrected chi connectivity index (χ3v) is 5.50. The number of ketones is 1. The molecular weight excluding hydrogens is 324 g/mol. The lowest BCUT2D eigenvalue weighted by Gasteiger charge is -2.16. The van der Waals surface area contributed by atoms with E-state index in [0.29, 0.717) is 17.2 Å². The topological polar surface area (TPSA) is 39.4 Å².